The molecule has 0 atom stereocenters. The van der Waals surface area contributed by atoms with E-state index in [9.17, 15) is 0 Å². The first-order valence-electron chi connectivity index (χ1n) is 2.12. The maximum atomic E-state index is 5.14. The van der Waals surface area contributed by atoms with Gasteiger partial charge in [-0.25, -0.2) is 0 Å². The summed E-state index contributed by atoms with van der Waals surface area (Å²) in [5.41, 5.74) is 7.44. The molecule has 4 heteroatoms. The lowest BCUT2D eigenvalue weighted by molar-refractivity contribution is 0.966. The van der Waals surface area contributed by atoms with Gasteiger partial charge in [-0.15, -0.1) is 5.10 Å². The Labute approximate surface area is 53.2 Å². The molecule has 0 aliphatic rings. The summed E-state index contributed by atoms with van der Waals surface area (Å²) in [5.74, 6) is 0. The number of hydrazone groups is 1. The first-order chi connectivity index (χ1) is 3.77. The number of hydrogen-bond donors (Lipinski definition) is 2. The molecule has 0 aromatic carbocycles. The van der Waals surface area contributed by atoms with Gasteiger partial charge in [-0.2, -0.15) is 0 Å². The quantitative estimate of drug-likeness (QED) is 0.251. The second-order valence-electron chi connectivity index (χ2n) is 1.06. The highest BCUT2D eigenvalue weighted by atomic mass is 35.5. The Morgan fingerprint density at radius 2 is 2.50 bits per heavy atom. The van der Waals surface area contributed by atoms with Gasteiger partial charge in [-0.1, -0.05) is 6.08 Å². The minimum Gasteiger partial charge on any atom is -0.373 e. The number of hydrogen-bond acceptors (Lipinski definition) is 2. The van der Waals surface area contributed by atoms with Crippen molar-refractivity contribution in [2.45, 2.75) is 6.92 Å². The van der Waals surface area contributed by atoms with Crippen molar-refractivity contribution >= 4 is 16.9 Å². The van der Waals surface area contributed by atoms with Crippen LogP contribution in [0.5, 0.6) is 0 Å². The molecule has 0 amide bonds. The zero-order chi connectivity index (χ0) is 6.41. The fourth-order valence-corrected chi connectivity index (χ4v) is 0.222. The molecule has 0 saturated heterocycles. The Balaban J connectivity index is 3.30. The molecule has 46 valence electrons. The maximum Gasteiger partial charge on any atom is 0.211 e. The monoisotopic (exact) mass is 133 g/mol. The third kappa shape index (κ3) is 5.30. The largest absolute Gasteiger partial charge is 0.373 e. The van der Waals surface area contributed by atoms with E-state index in [2.05, 4.69) is 10.5 Å². The highest BCUT2D eigenvalue weighted by molar-refractivity contribution is 6.64. The first-order valence-corrected chi connectivity index (χ1v) is 2.50. The van der Waals surface area contributed by atoms with Gasteiger partial charge in [0.1, 0.15) is 0 Å². The zero-order valence-electron chi connectivity index (χ0n) is 4.56. The Hall–Kier alpha value is -0.700. The Kier molecular flexibility index (Phi) is 4.07. The van der Waals surface area contributed by atoms with Crippen LogP contribution in [0.3, 0.4) is 0 Å². The van der Waals surface area contributed by atoms with E-state index in [-0.39, 0.29) is 5.29 Å². The lowest BCUT2D eigenvalue weighted by Gasteiger charge is -1.86. The Bertz CT molecular complexity index is 104. The molecule has 0 rings (SSSR count). The smallest absolute Gasteiger partial charge is 0.211 e. The molecule has 0 aliphatic carbocycles. The summed E-state index contributed by atoms with van der Waals surface area (Å²) in [5, 5.41) is 3.44. The van der Waals surface area contributed by atoms with E-state index in [0.717, 1.165) is 0 Å². The van der Waals surface area contributed by atoms with E-state index in [1.54, 1.807) is 12.3 Å². The Morgan fingerprint density at radius 3 is 2.88 bits per heavy atom. The van der Waals surface area contributed by atoms with Crippen molar-refractivity contribution in [3.63, 3.8) is 0 Å². The fourth-order valence-electron chi connectivity index (χ4n) is 0.173. The van der Waals surface area contributed by atoms with Crippen LogP contribution in [0.25, 0.3) is 0 Å². The topological polar surface area (TPSA) is 50.4 Å². The van der Waals surface area contributed by atoms with Gasteiger partial charge >= 0.3 is 0 Å². The van der Waals surface area contributed by atoms with Gasteiger partial charge in [-0.3, -0.25) is 5.43 Å². The number of halogens is 1. The van der Waals surface area contributed by atoms with Gasteiger partial charge in [0.15, 0.2) is 0 Å². The second kappa shape index (κ2) is 4.46. The molecule has 0 radical (unpaired) electrons. The summed E-state index contributed by atoms with van der Waals surface area (Å²) < 4.78 is 0. The summed E-state index contributed by atoms with van der Waals surface area (Å²) in [6.07, 6.45) is 3.40. The van der Waals surface area contributed by atoms with Crippen LogP contribution in [0.1, 0.15) is 6.92 Å². The standard InChI is InChI=1S/C4H8ClN3/c1-2-3-7-8-4(5)6/h2-3,7H,1H3,(H2,6,8)/b3-2-. The average Bonchev–Trinajstić information content (AvgIpc) is 1.66. The number of nitrogens with zero attached hydrogens (tertiary/aromatic N) is 1. The SMILES string of the molecule is C/C=C\N/N=C(\N)Cl. The van der Waals surface area contributed by atoms with Crippen molar-refractivity contribution < 1.29 is 0 Å². The van der Waals surface area contributed by atoms with Crippen LogP contribution in [0.15, 0.2) is 17.4 Å². The van der Waals surface area contributed by atoms with E-state index in [4.69, 9.17) is 17.3 Å². The van der Waals surface area contributed by atoms with Crippen molar-refractivity contribution in [1.82, 2.24) is 5.43 Å². The molecule has 0 heterocycles. The van der Waals surface area contributed by atoms with E-state index in [1.165, 1.54) is 0 Å². The highest BCUT2D eigenvalue weighted by Gasteiger charge is 1.73. The van der Waals surface area contributed by atoms with Crippen LogP contribution in [0.4, 0.5) is 0 Å². The van der Waals surface area contributed by atoms with E-state index in [1.807, 2.05) is 6.92 Å². The molecular formula is C4H8ClN3. The van der Waals surface area contributed by atoms with Crippen LogP contribution in [0.2, 0.25) is 0 Å². The average molecular weight is 134 g/mol. The number of amidine groups is 1. The normalized spacial score (nSPS) is 12.5. The third-order valence-electron chi connectivity index (χ3n) is 0.413. The summed E-state index contributed by atoms with van der Waals surface area (Å²) in [7, 11) is 0. The van der Waals surface area contributed by atoms with Crippen molar-refractivity contribution in [3.8, 4) is 0 Å². The molecule has 0 aromatic heterocycles. The molecule has 0 bridgehead atoms. The van der Waals surface area contributed by atoms with E-state index < -0.39 is 0 Å². The summed E-state index contributed by atoms with van der Waals surface area (Å²) in [6.45, 7) is 1.85. The van der Waals surface area contributed by atoms with Gasteiger partial charge < -0.3 is 5.73 Å². The minimum absolute atomic E-state index is 0.00287. The minimum atomic E-state index is 0.00287. The van der Waals surface area contributed by atoms with Crippen LogP contribution in [-0.2, 0) is 0 Å². The molecule has 3 nitrogen and oxygen atoms in total. The van der Waals surface area contributed by atoms with Crippen LogP contribution < -0.4 is 11.2 Å². The third-order valence-corrected chi connectivity index (χ3v) is 0.497. The molecule has 0 aliphatic heterocycles. The first kappa shape index (κ1) is 7.30. The molecule has 3 N–H and O–H groups in total. The maximum absolute atomic E-state index is 5.14. The van der Waals surface area contributed by atoms with Crippen molar-refractivity contribution in [2.75, 3.05) is 0 Å². The van der Waals surface area contributed by atoms with Crippen molar-refractivity contribution in [3.05, 3.63) is 12.3 Å². The molecule has 0 spiro atoms. The van der Waals surface area contributed by atoms with Crippen molar-refractivity contribution in [1.29, 1.82) is 0 Å². The van der Waals surface area contributed by atoms with Gasteiger partial charge in [0.25, 0.3) is 0 Å². The molecular weight excluding hydrogens is 126 g/mol. The van der Waals surface area contributed by atoms with Crippen molar-refractivity contribution in [2.24, 2.45) is 10.8 Å². The lowest BCUT2D eigenvalue weighted by Crippen LogP contribution is -2.07. The fraction of sp³-hybridized carbons (Fsp3) is 0.250. The van der Waals surface area contributed by atoms with Gasteiger partial charge in [0.05, 0.1) is 0 Å². The van der Waals surface area contributed by atoms with E-state index >= 15 is 0 Å². The lowest BCUT2D eigenvalue weighted by atomic mass is 10.7. The Morgan fingerprint density at radius 1 is 1.88 bits per heavy atom. The number of nitrogens with two attached hydrogens (primary N) is 1. The van der Waals surface area contributed by atoms with Crippen LogP contribution in [-0.4, -0.2) is 5.29 Å². The molecule has 0 aromatic rings. The molecule has 0 unspecified atom stereocenters. The zero-order valence-corrected chi connectivity index (χ0v) is 5.31. The summed E-state index contributed by atoms with van der Waals surface area (Å²) in [4.78, 5) is 0. The van der Waals surface area contributed by atoms with Gasteiger partial charge in [-0.05, 0) is 18.5 Å². The number of nitrogens with one attached hydrogen (secondary N) is 1. The summed E-state index contributed by atoms with van der Waals surface area (Å²) in [6, 6.07) is 0. The van der Waals surface area contributed by atoms with Crippen LogP contribution in [0, 0.1) is 0 Å². The van der Waals surface area contributed by atoms with Gasteiger partial charge in [0.2, 0.25) is 5.29 Å². The number of rotatable bonds is 2. The summed E-state index contributed by atoms with van der Waals surface area (Å²) >= 11 is 5.14. The second-order valence-corrected chi connectivity index (χ2v) is 1.45. The number of allylic oxidation sites excluding steroid dienone is 1. The molecule has 0 fully saturated rings. The molecule has 0 saturated carbocycles. The molecule has 8 heavy (non-hydrogen) atoms. The van der Waals surface area contributed by atoms with Gasteiger partial charge in [0, 0.05) is 6.20 Å². The van der Waals surface area contributed by atoms with E-state index in [0.29, 0.717) is 0 Å². The van der Waals surface area contributed by atoms with Crippen LogP contribution >= 0.6 is 11.6 Å². The predicted molar refractivity (Wildman–Crippen MR) is 35.4 cm³/mol. The highest BCUT2D eigenvalue weighted by Crippen LogP contribution is 1.70. The predicted octanol–water partition coefficient (Wildman–Crippen LogP) is 0.578.